The van der Waals surface area contributed by atoms with E-state index in [1.807, 2.05) is 12.1 Å². The van der Waals surface area contributed by atoms with E-state index < -0.39 is 0 Å². The number of aliphatic hydroxyl groups excluding tert-OH is 1. The maximum absolute atomic E-state index is 9.69. The van der Waals surface area contributed by atoms with Gasteiger partial charge in [-0.05, 0) is 30.5 Å². The van der Waals surface area contributed by atoms with E-state index >= 15 is 0 Å². The smallest absolute Gasteiger partial charge is 0.123 e. The molecule has 2 atom stereocenters. The van der Waals surface area contributed by atoms with E-state index in [-0.39, 0.29) is 18.6 Å². The molecule has 0 spiro atoms. The fraction of sp³-hybridized carbons (Fsp3) is 0.333. The van der Waals surface area contributed by atoms with E-state index in [4.69, 9.17) is 4.74 Å². The Bertz CT molecular complexity index is 566. The summed E-state index contributed by atoms with van der Waals surface area (Å²) in [6.07, 6.45) is 1.97. The summed E-state index contributed by atoms with van der Waals surface area (Å²) in [7, 11) is 0. The van der Waals surface area contributed by atoms with E-state index in [0.717, 1.165) is 18.6 Å². The number of para-hydroxylation sites is 1. The van der Waals surface area contributed by atoms with Crippen molar-refractivity contribution < 1.29 is 9.84 Å². The summed E-state index contributed by atoms with van der Waals surface area (Å²) >= 11 is 0. The van der Waals surface area contributed by atoms with Crippen molar-refractivity contribution >= 4 is 0 Å². The zero-order chi connectivity index (χ0) is 13.9. The highest BCUT2D eigenvalue weighted by molar-refractivity contribution is 5.37. The van der Waals surface area contributed by atoms with Crippen molar-refractivity contribution in [2.24, 2.45) is 0 Å². The van der Waals surface area contributed by atoms with Crippen LogP contribution in [0.2, 0.25) is 0 Å². The highest BCUT2D eigenvalue weighted by atomic mass is 16.5. The predicted molar refractivity (Wildman–Crippen MR) is 80.2 cm³/mol. The van der Waals surface area contributed by atoms with E-state index in [9.17, 15) is 5.11 Å². The number of hydrogen-bond donors (Lipinski definition) is 1. The highest BCUT2D eigenvalue weighted by Gasteiger charge is 2.25. The molecule has 1 heterocycles. The third-order valence-corrected chi connectivity index (χ3v) is 4.00. The summed E-state index contributed by atoms with van der Waals surface area (Å²) in [4.78, 5) is 0. The molecule has 0 bridgehead atoms. The standard InChI is InChI=1S/C18H20O2/c1-13-5-4-7-14(9-13)16(12-19)11-17-10-15-6-2-3-8-18(15)20-17/h2-9,16-17,19H,10-12H2,1H3. The fourth-order valence-electron chi connectivity index (χ4n) is 2.94. The number of aryl methyl sites for hydroxylation is 1. The summed E-state index contributed by atoms with van der Waals surface area (Å²) in [6.45, 7) is 2.25. The number of ether oxygens (including phenoxy) is 1. The summed E-state index contributed by atoms with van der Waals surface area (Å²) < 4.78 is 5.98. The predicted octanol–water partition coefficient (Wildman–Crippen LogP) is 3.46. The Labute approximate surface area is 120 Å². The van der Waals surface area contributed by atoms with Crippen molar-refractivity contribution in [2.45, 2.75) is 31.8 Å². The molecule has 104 valence electrons. The van der Waals surface area contributed by atoms with Gasteiger partial charge < -0.3 is 9.84 Å². The molecule has 2 nitrogen and oxygen atoms in total. The number of rotatable bonds is 4. The number of benzene rings is 2. The van der Waals surface area contributed by atoms with Crippen LogP contribution in [0, 0.1) is 6.92 Å². The lowest BCUT2D eigenvalue weighted by atomic mass is 9.91. The van der Waals surface area contributed by atoms with Gasteiger partial charge in [0.15, 0.2) is 0 Å². The van der Waals surface area contributed by atoms with Crippen molar-refractivity contribution in [2.75, 3.05) is 6.61 Å². The first-order valence-electron chi connectivity index (χ1n) is 7.18. The Morgan fingerprint density at radius 2 is 2.05 bits per heavy atom. The number of fused-ring (bicyclic) bond motifs is 1. The largest absolute Gasteiger partial charge is 0.490 e. The minimum absolute atomic E-state index is 0.147. The van der Waals surface area contributed by atoms with Gasteiger partial charge in [0, 0.05) is 12.3 Å². The minimum atomic E-state index is 0.147. The Hall–Kier alpha value is -1.80. The highest BCUT2D eigenvalue weighted by Crippen LogP contribution is 2.33. The van der Waals surface area contributed by atoms with Crippen molar-refractivity contribution in [1.82, 2.24) is 0 Å². The van der Waals surface area contributed by atoms with Gasteiger partial charge in [-0.15, -0.1) is 0 Å². The molecule has 1 N–H and O–H groups in total. The van der Waals surface area contributed by atoms with Crippen LogP contribution in [0.4, 0.5) is 0 Å². The minimum Gasteiger partial charge on any atom is -0.490 e. The molecule has 1 aliphatic rings. The van der Waals surface area contributed by atoms with Gasteiger partial charge >= 0.3 is 0 Å². The molecule has 2 heteroatoms. The summed E-state index contributed by atoms with van der Waals surface area (Å²) in [5, 5.41) is 9.69. The molecule has 0 radical (unpaired) electrons. The van der Waals surface area contributed by atoms with Gasteiger partial charge in [-0.25, -0.2) is 0 Å². The molecule has 0 amide bonds. The van der Waals surface area contributed by atoms with Crippen LogP contribution >= 0.6 is 0 Å². The molecule has 0 aliphatic carbocycles. The van der Waals surface area contributed by atoms with Gasteiger partial charge in [0.2, 0.25) is 0 Å². The molecule has 0 fully saturated rings. The molecule has 3 rings (SSSR count). The lowest BCUT2D eigenvalue weighted by Gasteiger charge is -2.19. The van der Waals surface area contributed by atoms with Crippen molar-refractivity contribution in [3.8, 4) is 5.75 Å². The second-order valence-electron chi connectivity index (χ2n) is 5.58. The van der Waals surface area contributed by atoms with E-state index in [1.165, 1.54) is 16.7 Å². The van der Waals surface area contributed by atoms with Crippen LogP contribution in [0.1, 0.15) is 29.0 Å². The molecular formula is C18H20O2. The number of hydrogen-bond acceptors (Lipinski definition) is 2. The molecule has 1 aliphatic heterocycles. The SMILES string of the molecule is Cc1cccc(C(CO)CC2Cc3ccccc3O2)c1. The lowest BCUT2D eigenvalue weighted by Crippen LogP contribution is -2.19. The first-order chi connectivity index (χ1) is 9.76. The average molecular weight is 268 g/mol. The van der Waals surface area contributed by atoms with E-state index in [0.29, 0.717) is 0 Å². The van der Waals surface area contributed by atoms with Gasteiger partial charge in [-0.2, -0.15) is 0 Å². The fourth-order valence-corrected chi connectivity index (χ4v) is 2.94. The van der Waals surface area contributed by atoms with Gasteiger partial charge in [-0.1, -0.05) is 48.0 Å². The Morgan fingerprint density at radius 3 is 2.80 bits per heavy atom. The second kappa shape index (κ2) is 5.68. The molecule has 2 aromatic rings. The van der Waals surface area contributed by atoms with Gasteiger partial charge in [-0.3, -0.25) is 0 Å². The van der Waals surface area contributed by atoms with Crippen LogP contribution in [0.25, 0.3) is 0 Å². The monoisotopic (exact) mass is 268 g/mol. The first kappa shape index (κ1) is 13.2. The van der Waals surface area contributed by atoms with Crippen LogP contribution in [0.15, 0.2) is 48.5 Å². The van der Waals surface area contributed by atoms with Crippen LogP contribution < -0.4 is 4.74 Å². The summed E-state index contributed by atoms with van der Waals surface area (Å²) in [5.74, 6) is 1.15. The molecule has 20 heavy (non-hydrogen) atoms. The van der Waals surface area contributed by atoms with Crippen LogP contribution in [-0.4, -0.2) is 17.8 Å². The third kappa shape index (κ3) is 2.70. The summed E-state index contributed by atoms with van der Waals surface area (Å²) in [5.41, 5.74) is 3.71. The van der Waals surface area contributed by atoms with Crippen LogP contribution in [-0.2, 0) is 6.42 Å². The molecule has 2 aromatic carbocycles. The molecular weight excluding hydrogens is 248 g/mol. The Morgan fingerprint density at radius 1 is 1.20 bits per heavy atom. The normalized spacial score (nSPS) is 18.4. The maximum Gasteiger partial charge on any atom is 0.123 e. The molecule has 0 saturated heterocycles. The topological polar surface area (TPSA) is 29.5 Å². The van der Waals surface area contributed by atoms with E-state index in [1.54, 1.807) is 0 Å². The van der Waals surface area contributed by atoms with Crippen LogP contribution in [0.5, 0.6) is 5.75 Å². The zero-order valence-corrected chi connectivity index (χ0v) is 11.8. The molecule has 0 aromatic heterocycles. The summed E-state index contributed by atoms with van der Waals surface area (Å²) in [6, 6.07) is 16.6. The van der Waals surface area contributed by atoms with Gasteiger partial charge in [0.05, 0.1) is 6.61 Å². The van der Waals surface area contributed by atoms with Crippen molar-refractivity contribution in [3.05, 3.63) is 65.2 Å². The first-order valence-corrected chi connectivity index (χ1v) is 7.18. The van der Waals surface area contributed by atoms with Gasteiger partial charge in [0.25, 0.3) is 0 Å². The quantitative estimate of drug-likeness (QED) is 0.920. The van der Waals surface area contributed by atoms with E-state index in [2.05, 4.69) is 43.3 Å². The second-order valence-corrected chi connectivity index (χ2v) is 5.58. The van der Waals surface area contributed by atoms with Crippen molar-refractivity contribution in [3.63, 3.8) is 0 Å². The lowest BCUT2D eigenvalue weighted by molar-refractivity contribution is 0.179. The molecule has 0 saturated carbocycles. The Balaban J connectivity index is 1.71. The van der Waals surface area contributed by atoms with Crippen LogP contribution in [0.3, 0.4) is 0 Å². The Kier molecular flexibility index (Phi) is 3.75. The van der Waals surface area contributed by atoms with Crippen molar-refractivity contribution in [1.29, 1.82) is 0 Å². The maximum atomic E-state index is 9.69. The third-order valence-electron chi connectivity index (χ3n) is 4.00. The zero-order valence-electron chi connectivity index (χ0n) is 11.8. The number of aliphatic hydroxyl groups is 1. The average Bonchev–Trinajstić information content (AvgIpc) is 2.87. The van der Waals surface area contributed by atoms with Gasteiger partial charge in [0.1, 0.15) is 11.9 Å². The molecule has 2 unspecified atom stereocenters.